The lowest BCUT2D eigenvalue weighted by molar-refractivity contribution is 1.26. The van der Waals surface area contributed by atoms with Gasteiger partial charge in [-0.05, 0) is 40.3 Å². The largest absolute Gasteiger partial charge is 0.398 e. The van der Waals surface area contributed by atoms with Crippen molar-refractivity contribution < 1.29 is 0 Å². The zero-order valence-corrected chi connectivity index (χ0v) is 11.1. The minimum absolute atomic E-state index is 0.864. The summed E-state index contributed by atoms with van der Waals surface area (Å²) in [7, 11) is 0. The third-order valence-electron chi connectivity index (χ3n) is 4.08. The maximum Gasteiger partial charge on any atom is 0.0397 e. The zero-order valence-electron chi connectivity index (χ0n) is 11.1. The molecule has 0 aromatic heterocycles. The smallest absolute Gasteiger partial charge is 0.0397 e. The summed E-state index contributed by atoms with van der Waals surface area (Å²) in [6.07, 6.45) is 0.973. The molecule has 0 aliphatic heterocycles. The fourth-order valence-corrected chi connectivity index (χ4v) is 3.18. The van der Waals surface area contributed by atoms with Crippen molar-refractivity contribution in [2.45, 2.75) is 6.42 Å². The molecule has 0 unspecified atom stereocenters. The molecule has 0 saturated carbocycles. The quantitative estimate of drug-likeness (QED) is 0.499. The lowest BCUT2D eigenvalue weighted by Gasteiger charge is -2.12. The molecule has 0 bridgehead atoms. The second-order valence-corrected chi connectivity index (χ2v) is 5.26. The van der Waals surface area contributed by atoms with Crippen molar-refractivity contribution >= 4 is 5.69 Å². The highest BCUT2D eigenvalue weighted by Gasteiger charge is 2.22. The molecule has 0 fully saturated rings. The van der Waals surface area contributed by atoms with Crippen LogP contribution in [0.25, 0.3) is 22.3 Å². The number of anilines is 1. The van der Waals surface area contributed by atoms with Gasteiger partial charge in [0, 0.05) is 11.3 Å². The first-order valence-electron chi connectivity index (χ1n) is 6.89. The number of rotatable bonds is 1. The summed E-state index contributed by atoms with van der Waals surface area (Å²) < 4.78 is 0. The minimum Gasteiger partial charge on any atom is -0.398 e. The number of nitrogens with two attached hydrogens (primary N) is 1. The molecule has 2 N–H and O–H groups in total. The molecule has 0 amide bonds. The Morgan fingerprint density at radius 3 is 2.30 bits per heavy atom. The Hall–Kier alpha value is -2.54. The molecule has 20 heavy (non-hydrogen) atoms. The summed E-state index contributed by atoms with van der Waals surface area (Å²) in [5.74, 6) is 0. The van der Waals surface area contributed by atoms with Crippen molar-refractivity contribution in [3.63, 3.8) is 0 Å². The molecule has 4 rings (SSSR count). The Labute approximate surface area is 118 Å². The maximum absolute atomic E-state index is 6.26. The molecule has 0 spiro atoms. The summed E-state index contributed by atoms with van der Waals surface area (Å²) in [5, 5.41) is 0. The van der Waals surface area contributed by atoms with Crippen LogP contribution in [0, 0.1) is 0 Å². The van der Waals surface area contributed by atoms with Gasteiger partial charge in [0.1, 0.15) is 0 Å². The predicted molar refractivity (Wildman–Crippen MR) is 84.5 cm³/mol. The molecule has 0 radical (unpaired) electrons. The SMILES string of the molecule is Nc1ccc2c(c1-c1ccccc1)Cc1ccccc1-2. The highest BCUT2D eigenvalue weighted by Crippen LogP contribution is 2.43. The Kier molecular flexibility index (Phi) is 2.40. The molecule has 1 nitrogen and oxygen atoms in total. The first-order chi connectivity index (χ1) is 9.84. The van der Waals surface area contributed by atoms with Crippen LogP contribution >= 0.6 is 0 Å². The van der Waals surface area contributed by atoms with E-state index in [0.29, 0.717) is 0 Å². The van der Waals surface area contributed by atoms with E-state index in [9.17, 15) is 0 Å². The van der Waals surface area contributed by atoms with Crippen molar-refractivity contribution in [2.24, 2.45) is 0 Å². The Morgan fingerprint density at radius 2 is 1.45 bits per heavy atom. The number of fused-ring (bicyclic) bond motifs is 3. The van der Waals surface area contributed by atoms with Gasteiger partial charge in [-0.1, -0.05) is 60.7 Å². The van der Waals surface area contributed by atoms with Crippen LogP contribution in [0.1, 0.15) is 11.1 Å². The van der Waals surface area contributed by atoms with Crippen LogP contribution in [0.2, 0.25) is 0 Å². The van der Waals surface area contributed by atoms with Crippen molar-refractivity contribution in [1.82, 2.24) is 0 Å². The Balaban J connectivity index is 2.00. The molecular weight excluding hydrogens is 242 g/mol. The first-order valence-corrected chi connectivity index (χ1v) is 6.89. The van der Waals surface area contributed by atoms with Gasteiger partial charge >= 0.3 is 0 Å². The average molecular weight is 257 g/mol. The highest BCUT2D eigenvalue weighted by molar-refractivity contribution is 5.90. The first kappa shape index (κ1) is 11.3. The summed E-state index contributed by atoms with van der Waals surface area (Å²) in [5.41, 5.74) is 14.9. The molecule has 1 heteroatoms. The molecule has 0 heterocycles. The van der Waals surface area contributed by atoms with Crippen molar-refractivity contribution in [1.29, 1.82) is 0 Å². The van der Waals surface area contributed by atoms with Crippen LogP contribution in [0.3, 0.4) is 0 Å². The standard InChI is InChI=1S/C19H15N/c20-18-11-10-16-15-9-5-4-8-14(15)12-17(16)19(18)13-6-2-1-3-7-13/h1-11H,12,20H2. The number of hydrogen-bond donors (Lipinski definition) is 1. The third-order valence-corrected chi connectivity index (χ3v) is 4.08. The zero-order chi connectivity index (χ0) is 13.5. The fourth-order valence-electron chi connectivity index (χ4n) is 3.18. The predicted octanol–water partition coefficient (Wildman–Crippen LogP) is 4.51. The van der Waals surface area contributed by atoms with E-state index >= 15 is 0 Å². The second kappa shape index (κ2) is 4.24. The topological polar surface area (TPSA) is 26.0 Å². The molecule has 0 atom stereocenters. The van der Waals surface area contributed by atoms with Crippen LogP contribution in [0.4, 0.5) is 5.69 Å². The Morgan fingerprint density at radius 1 is 0.700 bits per heavy atom. The summed E-state index contributed by atoms with van der Waals surface area (Å²) in [4.78, 5) is 0. The van der Waals surface area contributed by atoms with Crippen molar-refractivity contribution in [3.05, 3.63) is 77.9 Å². The van der Waals surface area contributed by atoms with Crippen molar-refractivity contribution in [3.8, 4) is 22.3 Å². The average Bonchev–Trinajstić information content (AvgIpc) is 2.86. The molecular formula is C19H15N. The van der Waals surface area contributed by atoms with E-state index in [4.69, 9.17) is 5.73 Å². The van der Waals surface area contributed by atoms with E-state index in [1.807, 2.05) is 12.1 Å². The van der Waals surface area contributed by atoms with Gasteiger partial charge in [0.2, 0.25) is 0 Å². The van der Waals surface area contributed by atoms with Gasteiger partial charge in [-0.15, -0.1) is 0 Å². The van der Waals surface area contributed by atoms with E-state index in [1.165, 1.54) is 33.4 Å². The van der Waals surface area contributed by atoms with Gasteiger partial charge < -0.3 is 5.73 Å². The molecule has 3 aromatic carbocycles. The van der Waals surface area contributed by atoms with Crippen LogP contribution in [0.15, 0.2) is 66.7 Å². The fraction of sp³-hybridized carbons (Fsp3) is 0.0526. The molecule has 96 valence electrons. The van der Waals surface area contributed by atoms with Gasteiger partial charge in [0.05, 0.1) is 0 Å². The van der Waals surface area contributed by atoms with Gasteiger partial charge in [-0.3, -0.25) is 0 Å². The van der Waals surface area contributed by atoms with Gasteiger partial charge in [0.15, 0.2) is 0 Å². The lowest BCUT2D eigenvalue weighted by atomic mass is 9.94. The normalized spacial score (nSPS) is 12.0. The number of benzene rings is 3. The molecule has 1 aliphatic rings. The summed E-state index contributed by atoms with van der Waals surface area (Å²) in [6.45, 7) is 0. The second-order valence-electron chi connectivity index (χ2n) is 5.26. The van der Waals surface area contributed by atoms with E-state index in [0.717, 1.165) is 12.1 Å². The van der Waals surface area contributed by atoms with E-state index in [2.05, 4.69) is 54.6 Å². The maximum atomic E-state index is 6.26. The molecule has 1 aliphatic carbocycles. The van der Waals surface area contributed by atoms with E-state index < -0.39 is 0 Å². The highest BCUT2D eigenvalue weighted by atomic mass is 14.6. The third kappa shape index (κ3) is 1.56. The molecule has 3 aromatic rings. The van der Waals surface area contributed by atoms with Gasteiger partial charge in [-0.25, -0.2) is 0 Å². The van der Waals surface area contributed by atoms with Gasteiger partial charge in [-0.2, -0.15) is 0 Å². The summed E-state index contributed by atoms with van der Waals surface area (Å²) >= 11 is 0. The van der Waals surface area contributed by atoms with Gasteiger partial charge in [0.25, 0.3) is 0 Å². The van der Waals surface area contributed by atoms with Crippen LogP contribution in [0.5, 0.6) is 0 Å². The van der Waals surface area contributed by atoms with Crippen LogP contribution < -0.4 is 5.73 Å². The van der Waals surface area contributed by atoms with Crippen molar-refractivity contribution in [2.75, 3.05) is 5.73 Å². The number of hydrogen-bond acceptors (Lipinski definition) is 1. The number of nitrogen functional groups attached to an aromatic ring is 1. The van der Waals surface area contributed by atoms with Crippen LogP contribution in [-0.4, -0.2) is 0 Å². The van der Waals surface area contributed by atoms with E-state index in [-0.39, 0.29) is 0 Å². The lowest BCUT2D eigenvalue weighted by Crippen LogP contribution is -1.95. The Bertz CT molecular complexity index is 788. The van der Waals surface area contributed by atoms with Crippen LogP contribution in [-0.2, 0) is 6.42 Å². The minimum atomic E-state index is 0.864. The monoisotopic (exact) mass is 257 g/mol. The summed E-state index contributed by atoms with van der Waals surface area (Å²) in [6, 6.07) is 23.2. The molecule has 0 saturated heterocycles. The van der Waals surface area contributed by atoms with E-state index in [1.54, 1.807) is 0 Å².